The molecule has 1 saturated heterocycles. The lowest BCUT2D eigenvalue weighted by molar-refractivity contribution is -0.119. The zero-order valence-corrected chi connectivity index (χ0v) is 18.5. The van der Waals surface area contributed by atoms with Crippen molar-refractivity contribution in [1.82, 2.24) is 15.0 Å². The molecule has 0 spiro atoms. The number of nitrogens with zero attached hydrogens (tertiary/aromatic N) is 5. The molecule has 1 amide bonds. The summed E-state index contributed by atoms with van der Waals surface area (Å²) < 4.78 is 18.6. The van der Waals surface area contributed by atoms with Crippen LogP contribution in [0.3, 0.4) is 0 Å². The zero-order valence-electron chi connectivity index (χ0n) is 17.5. The van der Waals surface area contributed by atoms with Gasteiger partial charge in [-0.15, -0.1) is 0 Å². The number of pyridine rings is 1. The van der Waals surface area contributed by atoms with E-state index in [0.29, 0.717) is 24.1 Å². The molecule has 10 heteroatoms. The van der Waals surface area contributed by atoms with Gasteiger partial charge in [-0.1, -0.05) is 6.07 Å². The number of carbonyl (C=O) groups excluding carboxylic acids is 1. The van der Waals surface area contributed by atoms with Crippen LogP contribution >= 0.6 is 13.5 Å². The van der Waals surface area contributed by atoms with Gasteiger partial charge in [-0.05, 0) is 42.7 Å². The van der Waals surface area contributed by atoms with Gasteiger partial charge in [0.2, 0.25) is 17.7 Å². The number of aromatic nitrogens is 3. The number of benzene rings is 1. The monoisotopic (exact) mass is 454 g/mol. The van der Waals surface area contributed by atoms with Gasteiger partial charge < -0.3 is 19.9 Å². The highest BCUT2D eigenvalue weighted by Gasteiger charge is 2.40. The average Bonchev–Trinajstić information content (AvgIpc) is 3.29. The minimum atomic E-state index is -0.315. The lowest BCUT2D eigenvalue weighted by atomic mass is 10.1. The summed E-state index contributed by atoms with van der Waals surface area (Å²) in [7, 11) is 1.77. The first-order chi connectivity index (χ1) is 15.1. The molecule has 0 unspecified atom stereocenters. The van der Waals surface area contributed by atoms with Crippen molar-refractivity contribution in [2.45, 2.75) is 25.4 Å². The number of likely N-dealkylation sites (N-methyl/N-ethyl adjacent to an activating group) is 1. The fourth-order valence-corrected chi connectivity index (χ4v) is 3.90. The van der Waals surface area contributed by atoms with Gasteiger partial charge in [-0.25, -0.2) is 14.4 Å². The third-order valence-electron chi connectivity index (χ3n) is 5.54. The second kappa shape index (κ2) is 8.99. The third-order valence-corrected chi connectivity index (χ3v) is 5.54. The van der Waals surface area contributed by atoms with Crippen LogP contribution in [0, 0.1) is 5.82 Å². The van der Waals surface area contributed by atoms with E-state index in [0.717, 1.165) is 36.5 Å². The van der Waals surface area contributed by atoms with E-state index in [1.54, 1.807) is 42.5 Å². The third kappa shape index (κ3) is 4.18. The number of anilines is 3. The Morgan fingerprint density at radius 3 is 2.72 bits per heavy atom. The first kappa shape index (κ1) is 21.8. The molecule has 2 aliphatic rings. The van der Waals surface area contributed by atoms with E-state index >= 15 is 0 Å². The highest BCUT2D eigenvalue weighted by Crippen LogP contribution is 2.37. The van der Waals surface area contributed by atoms with Gasteiger partial charge in [0.15, 0.2) is 5.82 Å². The number of hydrogen-bond acceptors (Lipinski definition) is 7. The standard InChI is InChI=1S/C22H21FN6O2.H2S/c1-28-18-13-26-22(27-20(18)29-10-2-3-17(29)21(28)30)25-12-14-4-9-19(24-11-14)31-16-7-5-15(23)6-8-16;/h4-9,11,13,17H,2-3,10,12H2,1H3,(H,25,26,27);1H2/t17-;/m0./s1. The SMILES string of the molecule is CN1C(=O)[C@@H]2CCCN2c2nc(NCc3ccc(Oc4ccc(F)cc4)nc3)ncc21.S. The Morgan fingerprint density at radius 2 is 1.97 bits per heavy atom. The topological polar surface area (TPSA) is 83.5 Å². The van der Waals surface area contributed by atoms with E-state index in [2.05, 4.69) is 25.2 Å². The predicted molar refractivity (Wildman–Crippen MR) is 124 cm³/mol. The highest BCUT2D eigenvalue weighted by molar-refractivity contribution is 7.59. The van der Waals surface area contributed by atoms with E-state index in [1.807, 2.05) is 6.07 Å². The van der Waals surface area contributed by atoms with Gasteiger partial charge in [0.25, 0.3) is 0 Å². The van der Waals surface area contributed by atoms with Crippen molar-refractivity contribution in [3.63, 3.8) is 0 Å². The van der Waals surface area contributed by atoms with E-state index in [1.165, 1.54) is 12.1 Å². The lowest BCUT2D eigenvalue weighted by Crippen LogP contribution is -2.49. The van der Waals surface area contributed by atoms with Crippen LogP contribution in [0.15, 0.2) is 48.8 Å². The first-order valence-corrected chi connectivity index (χ1v) is 10.1. The van der Waals surface area contributed by atoms with E-state index in [-0.39, 0.29) is 31.3 Å². The van der Waals surface area contributed by atoms with E-state index < -0.39 is 0 Å². The molecule has 1 aromatic carbocycles. The molecule has 1 fully saturated rings. The number of fused-ring (bicyclic) bond motifs is 3. The van der Waals surface area contributed by atoms with Crippen LogP contribution in [0.5, 0.6) is 11.6 Å². The molecule has 1 atom stereocenters. The largest absolute Gasteiger partial charge is 0.439 e. The van der Waals surface area contributed by atoms with Crippen molar-refractivity contribution < 1.29 is 13.9 Å². The molecular weight excluding hydrogens is 431 g/mol. The second-order valence-corrected chi connectivity index (χ2v) is 7.57. The predicted octanol–water partition coefficient (Wildman–Crippen LogP) is 3.47. The number of halogens is 1. The number of nitrogens with one attached hydrogen (secondary N) is 1. The molecule has 1 N–H and O–H groups in total. The molecular formula is C22H23FN6O2S. The number of amides is 1. The fraction of sp³-hybridized carbons (Fsp3) is 0.273. The van der Waals surface area contributed by atoms with Crippen LogP contribution in [0.1, 0.15) is 18.4 Å². The first-order valence-electron chi connectivity index (χ1n) is 10.1. The smallest absolute Gasteiger partial charge is 0.249 e. The summed E-state index contributed by atoms with van der Waals surface area (Å²) in [6.07, 6.45) is 5.23. The molecule has 5 rings (SSSR count). The van der Waals surface area contributed by atoms with E-state index in [4.69, 9.17) is 4.74 Å². The van der Waals surface area contributed by atoms with E-state index in [9.17, 15) is 9.18 Å². The molecule has 3 aromatic rings. The minimum Gasteiger partial charge on any atom is -0.439 e. The summed E-state index contributed by atoms with van der Waals surface area (Å²) >= 11 is 0. The zero-order chi connectivity index (χ0) is 21.4. The quantitative estimate of drug-likeness (QED) is 0.632. The van der Waals surface area contributed by atoms with Gasteiger partial charge in [-0.3, -0.25) is 4.79 Å². The van der Waals surface area contributed by atoms with Gasteiger partial charge in [0, 0.05) is 32.4 Å². The number of ether oxygens (including phenoxy) is 1. The lowest BCUT2D eigenvalue weighted by Gasteiger charge is -2.36. The van der Waals surface area contributed by atoms with Crippen molar-refractivity contribution >= 4 is 36.9 Å². The number of rotatable bonds is 5. The van der Waals surface area contributed by atoms with Gasteiger partial charge >= 0.3 is 0 Å². The van der Waals surface area contributed by atoms with Crippen LogP contribution in [-0.4, -0.2) is 40.5 Å². The molecule has 0 aliphatic carbocycles. The van der Waals surface area contributed by atoms with Crippen molar-refractivity contribution in [3.05, 3.63) is 60.2 Å². The Hall–Kier alpha value is -3.40. The Kier molecular flexibility index (Phi) is 6.13. The van der Waals surface area contributed by atoms with Crippen LogP contribution in [0.2, 0.25) is 0 Å². The summed E-state index contributed by atoms with van der Waals surface area (Å²) in [5, 5.41) is 3.22. The minimum absolute atomic E-state index is 0. The normalized spacial score (nSPS) is 16.8. The van der Waals surface area contributed by atoms with Crippen LogP contribution in [-0.2, 0) is 11.3 Å². The molecule has 2 aliphatic heterocycles. The Morgan fingerprint density at radius 1 is 1.16 bits per heavy atom. The Balaban J connectivity index is 0.00000245. The molecule has 8 nitrogen and oxygen atoms in total. The fourth-order valence-electron chi connectivity index (χ4n) is 3.90. The van der Waals surface area contributed by atoms with Crippen LogP contribution in [0.4, 0.5) is 21.8 Å². The maximum atomic E-state index is 13.0. The summed E-state index contributed by atoms with van der Waals surface area (Å²) in [6, 6.07) is 9.29. The summed E-state index contributed by atoms with van der Waals surface area (Å²) in [6.45, 7) is 1.31. The average molecular weight is 455 g/mol. The molecule has 2 aromatic heterocycles. The Labute approximate surface area is 191 Å². The Bertz CT molecular complexity index is 1110. The second-order valence-electron chi connectivity index (χ2n) is 7.57. The molecule has 32 heavy (non-hydrogen) atoms. The molecule has 0 saturated carbocycles. The van der Waals surface area contributed by atoms with Crippen LogP contribution < -0.4 is 19.9 Å². The van der Waals surface area contributed by atoms with Crippen molar-refractivity contribution in [1.29, 1.82) is 0 Å². The molecule has 4 heterocycles. The van der Waals surface area contributed by atoms with Gasteiger partial charge in [-0.2, -0.15) is 18.5 Å². The van der Waals surface area contributed by atoms with Crippen molar-refractivity contribution in [3.8, 4) is 11.6 Å². The summed E-state index contributed by atoms with van der Waals surface area (Å²) in [5.41, 5.74) is 1.66. The van der Waals surface area contributed by atoms with Crippen LogP contribution in [0.25, 0.3) is 0 Å². The van der Waals surface area contributed by atoms with Gasteiger partial charge in [0.1, 0.15) is 23.3 Å². The number of carbonyl (C=O) groups is 1. The summed E-state index contributed by atoms with van der Waals surface area (Å²) in [5.74, 6) is 2.02. The highest BCUT2D eigenvalue weighted by atomic mass is 32.1. The van der Waals surface area contributed by atoms with Crippen molar-refractivity contribution in [2.24, 2.45) is 0 Å². The molecule has 0 radical (unpaired) electrons. The maximum Gasteiger partial charge on any atom is 0.249 e. The van der Waals surface area contributed by atoms with Crippen molar-refractivity contribution in [2.75, 3.05) is 28.7 Å². The summed E-state index contributed by atoms with van der Waals surface area (Å²) in [4.78, 5) is 29.6. The number of hydrogen-bond donors (Lipinski definition) is 1. The molecule has 166 valence electrons. The maximum absolute atomic E-state index is 13.0. The van der Waals surface area contributed by atoms with Gasteiger partial charge in [0.05, 0.1) is 6.20 Å². The molecule has 0 bridgehead atoms.